The van der Waals surface area contributed by atoms with Crippen molar-refractivity contribution >= 4 is 34.6 Å². The zero-order valence-electron chi connectivity index (χ0n) is 23.2. The minimum absolute atomic E-state index is 0.00385. The van der Waals surface area contributed by atoms with Crippen molar-refractivity contribution in [2.45, 2.75) is 0 Å². The number of carboxylic acid groups (broad SMARTS) is 1. The van der Waals surface area contributed by atoms with Gasteiger partial charge in [-0.15, -0.1) is 0 Å². The number of nitrogens with one attached hydrogen (secondary N) is 2. The van der Waals surface area contributed by atoms with Crippen LogP contribution in [0, 0.1) is 32.1 Å². The maximum atomic E-state index is 11.8. The largest absolute Gasteiger partial charge is 0.494 e. The number of hydrogen-bond donors (Lipinski definition) is 4. The molecule has 228 valence electrons. The van der Waals surface area contributed by atoms with Crippen molar-refractivity contribution in [2.75, 3.05) is 70.3 Å². The van der Waals surface area contributed by atoms with Gasteiger partial charge in [-0.25, -0.2) is 4.79 Å². The number of amides is 1. The maximum Gasteiger partial charge on any atom is 0.336 e. The molecule has 1 amide bonds. The summed E-state index contributed by atoms with van der Waals surface area (Å²) >= 11 is 0. The second kappa shape index (κ2) is 15.6. The summed E-state index contributed by atoms with van der Waals surface area (Å²) in [5.74, 6) is 3.59. The number of rotatable bonds is 14. The van der Waals surface area contributed by atoms with Crippen LogP contribution in [0.1, 0.15) is 20.7 Å². The summed E-state index contributed by atoms with van der Waals surface area (Å²) in [6.07, 6.45) is 3.18. The third-order valence-corrected chi connectivity index (χ3v) is 6.10. The van der Waals surface area contributed by atoms with Gasteiger partial charge in [0.1, 0.15) is 12.4 Å². The molecule has 3 rings (SSSR count). The number of nitro benzene ring substituents is 2. The molecule has 1 aliphatic rings. The van der Waals surface area contributed by atoms with Gasteiger partial charge in [0.15, 0.2) is 17.1 Å². The first kappa shape index (κ1) is 32.1. The molecule has 2 aromatic rings. The van der Waals surface area contributed by atoms with E-state index in [2.05, 4.69) is 27.4 Å². The summed E-state index contributed by atoms with van der Waals surface area (Å²) in [5, 5.41) is 38.2. The van der Waals surface area contributed by atoms with Crippen LogP contribution in [0.2, 0.25) is 0 Å². The van der Waals surface area contributed by atoms with Gasteiger partial charge in [0.25, 0.3) is 11.4 Å². The number of ether oxygens (including phenoxy) is 3. The molecule has 1 fully saturated rings. The fourth-order valence-corrected chi connectivity index (χ4v) is 3.97. The van der Waals surface area contributed by atoms with Crippen LogP contribution < -0.4 is 25.8 Å². The molecule has 16 nitrogen and oxygen atoms in total. The van der Waals surface area contributed by atoms with Crippen LogP contribution in [0.4, 0.5) is 22.7 Å². The second-order valence-electron chi connectivity index (χ2n) is 8.89. The van der Waals surface area contributed by atoms with E-state index in [0.29, 0.717) is 19.8 Å². The van der Waals surface area contributed by atoms with E-state index in [1.807, 2.05) is 0 Å². The van der Waals surface area contributed by atoms with E-state index in [4.69, 9.17) is 19.9 Å². The molecule has 2 aromatic carbocycles. The number of carboxylic acids is 1. The molecule has 1 aliphatic heterocycles. The van der Waals surface area contributed by atoms with Crippen molar-refractivity contribution in [1.29, 1.82) is 0 Å². The number of aromatic carboxylic acids is 1. The summed E-state index contributed by atoms with van der Waals surface area (Å²) in [7, 11) is 1.25. The third-order valence-electron chi connectivity index (χ3n) is 6.10. The molecular formula is C27H30N6O10. The average Bonchev–Trinajstić information content (AvgIpc) is 2.98. The molecule has 0 atom stereocenters. The minimum atomic E-state index is -1.35. The van der Waals surface area contributed by atoms with Crippen LogP contribution in [-0.2, 0) is 4.74 Å². The molecule has 1 saturated heterocycles. The summed E-state index contributed by atoms with van der Waals surface area (Å²) in [5.41, 5.74) is 4.01. The molecule has 0 saturated carbocycles. The molecule has 0 radical (unpaired) electrons. The Morgan fingerprint density at radius 2 is 1.56 bits per heavy atom. The van der Waals surface area contributed by atoms with Gasteiger partial charge in [-0.05, 0) is 12.1 Å². The number of carbonyl (C=O) groups excluding carboxylic acids is 1. The van der Waals surface area contributed by atoms with Gasteiger partial charge >= 0.3 is 5.97 Å². The van der Waals surface area contributed by atoms with Gasteiger partial charge in [0, 0.05) is 43.9 Å². The zero-order chi connectivity index (χ0) is 31.4. The highest BCUT2D eigenvalue weighted by atomic mass is 16.6. The van der Waals surface area contributed by atoms with Crippen LogP contribution in [0.25, 0.3) is 0 Å². The van der Waals surface area contributed by atoms with Crippen molar-refractivity contribution in [3.05, 3.63) is 67.8 Å². The van der Waals surface area contributed by atoms with Crippen molar-refractivity contribution in [1.82, 2.24) is 4.90 Å². The van der Waals surface area contributed by atoms with E-state index in [1.54, 1.807) is 12.2 Å². The molecule has 0 aromatic heterocycles. The number of morpholine rings is 1. The Balaban J connectivity index is 1.70. The van der Waals surface area contributed by atoms with Crippen LogP contribution in [0.15, 0.2) is 36.4 Å². The number of nitro groups is 2. The monoisotopic (exact) mass is 598 g/mol. The number of benzene rings is 2. The smallest absolute Gasteiger partial charge is 0.336 e. The Bertz CT molecular complexity index is 1460. The van der Waals surface area contributed by atoms with E-state index >= 15 is 0 Å². The van der Waals surface area contributed by atoms with Crippen molar-refractivity contribution in [3.8, 4) is 23.3 Å². The average molecular weight is 599 g/mol. The van der Waals surface area contributed by atoms with Crippen molar-refractivity contribution in [3.63, 3.8) is 0 Å². The Kier molecular flexibility index (Phi) is 11.6. The second-order valence-corrected chi connectivity index (χ2v) is 8.89. The Labute approximate surface area is 245 Å². The lowest BCUT2D eigenvalue weighted by Gasteiger charge is -2.24. The molecule has 0 spiro atoms. The fraction of sp³-hybridized carbons (Fsp3) is 0.333. The highest BCUT2D eigenvalue weighted by Crippen LogP contribution is 2.37. The van der Waals surface area contributed by atoms with Gasteiger partial charge in [0.05, 0.1) is 42.3 Å². The predicted molar refractivity (Wildman–Crippen MR) is 155 cm³/mol. The van der Waals surface area contributed by atoms with Gasteiger partial charge in [0.2, 0.25) is 5.91 Å². The number of methoxy groups -OCH3 is 1. The zero-order valence-corrected chi connectivity index (χ0v) is 23.2. The van der Waals surface area contributed by atoms with Crippen LogP contribution >= 0.6 is 0 Å². The Morgan fingerprint density at radius 1 is 1.00 bits per heavy atom. The lowest BCUT2D eigenvalue weighted by atomic mass is 10.1. The predicted octanol–water partition coefficient (Wildman–Crippen LogP) is 2.10. The molecule has 43 heavy (non-hydrogen) atoms. The molecule has 0 aliphatic carbocycles. The highest BCUT2D eigenvalue weighted by molar-refractivity contribution is 5.95. The molecular weight excluding hydrogens is 568 g/mol. The van der Waals surface area contributed by atoms with Crippen molar-refractivity contribution in [2.24, 2.45) is 5.73 Å². The minimum Gasteiger partial charge on any atom is -0.494 e. The van der Waals surface area contributed by atoms with Crippen LogP contribution in [0.5, 0.6) is 11.5 Å². The Morgan fingerprint density at radius 3 is 2.09 bits per heavy atom. The molecule has 1 heterocycles. The van der Waals surface area contributed by atoms with Gasteiger partial charge in [-0.1, -0.05) is 24.0 Å². The van der Waals surface area contributed by atoms with E-state index in [1.165, 1.54) is 13.2 Å². The Hall–Kier alpha value is -5.40. The summed E-state index contributed by atoms with van der Waals surface area (Å²) in [6, 6.07) is 4.41. The third kappa shape index (κ3) is 9.05. The topological polar surface area (TPSA) is 222 Å². The van der Waals surface area contributed by atoms with Gasteiger partial charge in [-0.3, -0.25) is 29.9 Å². The molecule has 5 N–H and O–H groups in total. The van der Waals surface area contributed by atoms with Gasteiger partial charge < -0.3 is 35.7 Å². The number of hydrogen-bond acceptors (Lipinski definition) is 12. The SMILES string of the molecule is COc1cc(C(=O)O)cc([N+](=O)[O-])c1NC/C=C/CNc1c(OCC#CCN2CCOCC2)cc(C(N)=O)cc1[N+](=O)[O-]. The first-order chi connectivity index (χ1) is 20.6. The number of nitrogens with two attached hydrogens (primary N) is 1. The fourth-order valence-electron chi connectivity index (χ4n) is 3.97. The standard InChI is InChI=1S/C27H30N6O10/c1-41-22-17-19(27(35)36)15-21(33(39)40)24(22)29-6-2-3-7-30-25-20(32(37)38)14-18(26(28)34)16-23(25)43-11-5-4-8-31-9-12-42-13-10-31/h2-3,14-17,29-30H,6-13H2,1H3,(H2,28,34)(H,35,36)/b3-2+. The van der Waals surface area contributed by atoms with E-state index in [-0.39, 0.29) is 53.7 Å². The number of carbonyl (C=O) groups is 2. The highest BCUT2D eigenvalue weighted by Gasteiger charge is 2.24. The normalized spacial score (nSPS) is 13.0. The van der Waals surface area contributed by atoms with Crippen LogP contribution in [0.3, 0.4) is 0 Å². The lowest BCUT2D eigenvalue weighted by molar-refractivity contribution is -0.384. The summed E-state index contributed by atoms with van der Waals surface area (Å²) < 4.78 is 16.1. The van der Waals surface area contributed by atoms with E-state index < -0.39 is 33.1 Å². The number of primary amides is 1. The molecule has 0 bridgehead atoms. The van der Waals surface area contributed by atoms with Crippen LogP contribution in [-0.4, -0.2) is 91.4 Å². The number of nitrogens with zero attached hydrogens (tertiary/aromatic N) is 3. The van der Waals surface area contributed by atoms with E-state index in [9.17, 15) is 34.9 Å². The summed E-state index contributed by atoms with van der Waals surface area (Å²) in [6.45, 7) is 3.34. The quantitative estimate of drug-likeness (QED) is 0.106. The van der Waals surface area contributed by atoms with Crippen molar-refractivity contribution < 1.29 is 38.8 Å². The molecule has 0 unspecified atom stereocenters. The van der Waals surface area contributed by atoms with E-state index in [0.717, 1.165) is 31.3 Å². The van der Waals surface area contributed by atoms with Gasteiger partial charge in [-0.2, -0.15) is 0 Å². The summed E-state index contributed by atoms with van der Waals surface area (Å²) in [4.78, 5) is 47.1. The maximum absolute atomic E-state index is 11.8. The molecule has 16 heteroatoms. The first-order valence-corrected chi connectivity index (χ1v) is 12.9. The first-order valence-electron chi connectivity index (χ1n) is 12.9. The number of anilines is 2. The lowest BCUT2D eigenvalue weighted by Crippen LogP contribution is -2.36.